The molecule has 4 nitrogen and oxygen atoms in total. The van der Waals surface area contributed by atoms with Crippen LogP contribution in [0.1, 0.15) is 15.9 Å². The largest absolute Gasteiger partial charge is 0.872 e. The first-order chi connectivity index (χ1) is 10.1. The molecule has 1 N–H and O–H groups in total. The number of rotatable bonds is 2. The van der Waals surface area contributed by atoms with E-state index in [-0.39, 0.29) is 11.3 Å². The van der Waals surface area contributed by atoms with Gasteiger partial charge >= 0.3 is 5.97 Å². The molecule has 0 atom stereocenters. The summed E-state index contributed by atoms with van der Waals surface area (Å²) in [7, 11) is 0. The minimum Gasteiger partial charge on any atom is -0.872 e. The van der Waals surface area contributed by atoms with Crippen molar-refractivity contribution in [3.63, 3.8) is 0 Å². The van der Waals surface area contributed by atoms with Gasteiger partial charge in [0.05, 0.1) is 16.8 Å². The van der Waals surface area contributed by atoms with Crippen LogP contribution in [0.3, 0.4) is 0 Å². The summed E-state index contributed by atoms with van der Waals surface area (Å²) in [5.41, 5.74) is 2.80. The van der Waals surface area contributed by atoms with E-state index in [4.69, 9.17) is 0 Å². The highest BCUT2D eigenvalue weighted by Crippen LogP contribution is 2.30. The molecule has 1 heterocycles. The minimum absolute atomic E-state index is 0.0874. The molecule has 0 fully saturated rings. The SMILES string of the molecule is Cc1c(-c2ccc([O-])cc2)nc2ccccc2c1C(=O)O. The topological polar surface area (TPSA) is 73.2 Å². The highest BCUT2D eigenvalue weighted by Gasteiger charge is 2.17. The number of pyridine rings is 1. The number of hydrogen-bond donors (Lipinski definition) is 1. The number of benzene rings is 2. The Morgan fingerprint density at radius 3 is 2.43 bits per heavy atom. The molecule has 104 valence electrons. The number of para-hydroxylation sites is 1. The predicted molar refractivity (Wildman–Crippen MR) is 78.3 cm³/mol. The quantitative estimate of drug-likeness (QED) is 0.782. The van der Waals surface area contributed by atoms with Crippen LogP contribution >= 0.6 is 0 Å². The van der Waals surface area contributed by atoms with E-state index in [1.54, 1.807) is 37.3 Å². The van der Waals surface area contributed by atoms with Gasteiger partial charge in [-0.1, -0.05) is 42.5 Å². The number of nitrogens with zero attached hydrogens (tertiary/aromatic N) is 1. The molecule has 1 aromatic heterocycles. The van der Waals surface area contributed by atoms with E-state index in [1.165, 1.54) is 12.1 Å². The van der Waals surface area contributed by atoms with Crippen molar-refractivity contribution in [1.82, 2.24) is 4.98 Å². The van der Waals surface area contributed by atoms with Crippen molar-refractivity contribution >= 4 is 16.9 Å². The minimum atomic E-state index is -0.979. The van der Waals surface area contributed by atoms with E-state index in [0.29, 0.717) is 22.2 Å². The lowest BCUT2D eigenvalue weighted by molar-refractivity contribution is -0.268. The van der Waals surface area contributed by atoms with Crippen LogP contribution < -0.4 is 5.11 Å². The summed E-state index contributed by atoms with van der Waals surface area (Å²) >= 11 is 0. The highest BCUT2D eigenvalue weighted by atomic mass is 16.4. The standard InChI is InChI=1S/C17H13NO3/c1-10-15(17(20)21)13-4-2-3-5-14(13)18-16(10)11-6-8-12(19)9-7-11/h2-9,19H,1H3,(H,20,21)/p-1. The van der Waals surface area contributed by atoms with Gasteiger partial charge in [0, 0.05) is 10.9 Å². The summed E-state index contributed by atoms with van der Waals surface area (Å²) in [4.78, 5) is 16.1. The summed E-state index contributed by atoms with van der Waals surface area (Å²) in [5.74, 6) is -1.07. The van der Waals surface area contributed by atoms with Gasteiger partial charge in [0.2, 0.25) is 0 Å². The predicted octanol–water partition coefficient (Wildman–Crippen LogP) is 2.98. The Balaban J connectivity index is 2.36. The lowest BCUT2D eigenvalue weighted by Gasteiger charge is -2.13. The molecular formula is C17H12NO3-. The molecule has 0 aliphatic carbocycles. The third-order valence-corrected chi connectivity index (χ3v) is 3.48. The molecule has 21 heavy (non-hydrogen) atoms. The molecule has 0 unspecified atom stereocenters. The average Bonchev–Trinajstić information content (AvgIpc) is 2.47. The Bertz CT molecular complexity index is 839. The summed E-state index contributed by atoms with van der Waals surface area (Å²) in [5, 5.41) is 21.3. The van der Waals surface area contributed by atoms with Gasteiger partial charge in [0.25, 0.3) is 0 Å². The normalized spacial score (nSPS) is 10.7. The van der Waals surface area contributed by atoms with Crippen molar-refractivity contribution in [2.45, 2.75) is 6.92 Å². The van der Waals surface area contributed by atoms with Crippen LogP contribution in [-0.2, 0) is 0 Å². The molecule has 0 saturated heterocycles. The lowest BCUT2D eigenvalue weighted by atomic mass is 9.98. The molecule has 0 radical (unpaired) electrons. The summed E-state index contributed by atoms with van der Waals surface area (Å²) < 4.78 is 0. The fourth-order valence-electron chi connectivity index (χ4n) is 2.48. The maximum atomic E-state index is 11.6. The van der Waals surface area contributed by atoms with Crippen LogP contribution in [0.15, 0.2) is 48.5 Å². The number of aromatic carboxylic acids is 1. The van der Waals surface area contributed by atoms with E-state index in [1.807, 2.05) is 6.07 Å². The second-order valence-electron chi connectivity index (χ2n) is 4.81. The monoisotopic (exact) mass is 278 g/mol. The van der Waals surface area contributed by atoms with Crippen molar-refractivity contribution in [2.24, 2.45) is 0 Å². The molecular weight excluding hydrogens is 266 g/mol. The maximum Gasteiger partial charge on any atom is 0.336 e. The van der Waals surface area contributed by atoms with Crippen LogP contribution in [0, 0.1) is 6.92 Å². The second kappa shape index (κ2) is 4.90. The zero-order valence-corrected chi connectivity index (χ0v) is 11.3. The maximum absolute atomic E-state index is 11.6. The van der Waals surface area contributed by atoms with Crippen LogP contribution in [0.2, 0.25) is 0 Å². The summed E-state index contributed by atoms with van der Waals surface area (Å²) in [6.07, 6.45) is 0. The van der Waals surface area contributed by atoms with E-state index in [0.717, 1.165) is 5.56 Å². The first-order valence-corrected chi connectivity index (χ1v) is 6.48. The van der Waals surface area contributed by atoms with Gasteiger partial charge in [-0.25, -0.2) is 9.78 Å². The van der Waals surface area contributed by atoms with Crippen molar-refractivity contribution in [3.8, 4) is 17.0 Å². The molecule has 0 aliphatic heterocycles. The number of fused-ring (bicyclic) bond motifs is 1. The summed E-state index contributed by atoms with van der Waals surface area (Å²) in [6, 6.07) is 13.4. The van der Waals surface area contributed by atoms with Gasteiger partial charge in [-0.05, 0) is 18.6 Å². The first-order valence-electron chi connectivity index (χ1n) is 6.48. The Hall–Kier alpha value is -2.88. The van der Waals surface area contributed by atoms with Crippen LogP contribution in [0.5, 0.6) is 5.75 Å². The lowest BCUT2D eigenvalue weighted by Crippen LogP contribution is -2.04. The third kappa shape index (κ3) is 2.21. The van der Waals surface area contributed by atoms with E-state index < -0.39 is 5.97 Å². The van der Waals surface area contributed by atoms with Crippen LogP contribution in [-0.4, -0.2) is 16.1 Å². The molecule has 2 aromatic carbocycles. The molecule has 4 heteroatoms. The van der Waals surface area contributed by atoms with Crippen molar-refractivity contribution in [3.05, 3.63) is 59.7 Å². The smallest absolute Gasteiger partial charge is 0.336 e. The molecule has 0 amide bonds. The molecule has 0 saturated carbocycles. The zero-order valence-electron chi connectivity index (χ0n) is 11.3. The van der Waals surface area contributed by atoms with Crippen molar-refractivity contribution in [2.75, 3.05) is 0 Å². The zero-order chi connectivity index (χ0) is 15.0. The molecule has 0 bridgehead atoms. The van der Waals surface area contributed by atoms with Gasteiger partial charge in [-0.15, -0.1) is 5.75 Å². The number of carboxylic acids is 1. The van der Waals surface area contributed by atoms with Crippen molar-refractivity contribution < 1.29 is 15.0 Å². The van der Waals surface area contributed by atoms with Crippen LogP contribution in [0.25, 0.3) is 22.2 Å². The fraction of sp³-hybridized carbons (Fsp3) is 0.0588. The van der Waals surface area contributed by atoms with Gasteiger partial charge in [0.15, 0.2) is 0 Å². The van der Waals surface area contributed by atoms with Gasteiger partial charge in [-0.3, -0.25) is 0 Å². The van der Waals surface area contributed by atoms with Gasteiger partial charge < -0.3 is 10.2 Å². The van der Waals surface area contributed by atoms with Gasteiger partial charge in [0.1, 0.15) is 0 Å². The Kier molecular flexibility index (Phi) is 3.06. The van der Waals surface area contributed by atoms with Crippen molar-refractivity contribution in [1.29, 1.82) is 0 Å². The number of hydrogen-bond acceptors (Lipinski definition) is 3. The first kappa shape index (κ1) is 13.1. The fourth-order valence-corrected chi connectivity index (χ4v) is 2.48. The molecule has 0 aliphatic rings. The van der Waals surface area contributed by atoms with E-state index in [9.17, 15) is 15.0 Å². The number of carbonyl (C=O) groups is 1. The van der Waals surface area contributed by atoms with Crippen LogP contribution in [0.4, 0.5) is 0 Å². The average molecular weight is 278 g/mol. The molecule has 0 spiro atoms. The molecule has 3 rings (SSSR count). The third-order valence-electron chi connectivity index (χ3n) is 3.48. The highest BCUT2D eigenvalue weighted by molar-refractivity contribution is 6.05. The second-order valence-corrected chi connectivity index (χ2v) is 4.81. The Morgan fingerprint density at radius 2 is 1.76 bits per heavy atom. The molecule has 3 aromatic rings. The number of carboxylic acid groups (broad SMARTS) is 1. The number of aromatic nitrogens is 1. The van der Waals surface area contributed by atoms with Gasteiger partial charge in [-0.2, -0.15) is 0 Å². The Morgan fingerprint density at radius 1 is 1.10 bits per heavy atom. The van der Waals surface area contributed by atoms with E-state index in [2.05, 4.69) is 4.98 Å². The summed E-state index contributed by atoms with van der Waals surface area (Å²) in [6.45, 7) is 1.74. The Labute approximate surface area is 121 Å². The van der Waals surface area contributed by atoms with E-state index >= 15 is 0 Å².